The molecule has 10 heteroatoms. The highest BCUT2D eigenvalue weighted by atomic mass is 32.2. The predicted octanol–water partition coefficient (Wildman–Crippen LogP) is 2.49. The molecule has 1 aromatic heterocycles. The fourth-order valence-corrected chi connectivity index (χ4v) is 4.14. The fraction of sp³-hybridized carbons (Fsp3) is 0.714. The summed E-state index contributed by atoms with van der Waals surface area (Å²) in [7, 11) is 3.25. The summed E-state index contributed by atoms with van der Waals surface area (Å²) in [6.07, 6.45) is 1.10. The predicted molar refractivity (Wildman–Crippen MR) is 97.3 cm³/mol. The average molecular weight is 371 g/mol. The molecule has 0 bridgehead atoms. The van der Waals surface area contributed by atoms with E-state index in [0.717, 1.165) is 6.20 Å². The van der Waals surface area contributed by atoms with Gasteiger partial charge in [0.15, 0.2) is 20.0 Å². The summed E-state index contributed by atoms with van der Waals surface area (Å²) in [6.45, 7) is 11.6. The zero-order valence-corrected chi connectivity index (χ0v) is 16.4. The SMILES string of the molecule is [B]Nc1nc(=O)n([C@H]2CO[C@@H](CO[Si](C)(C)C(C)(C)C)S2)cc1F. The Morgan fingerprint density at radius 2 is 2.25 bits per heavy atom. The first-order chi connectivity index (χ1) is 11.0. The number of hydrogen-bond acceptors (Lipinski definition) is 6. The molecule has 0 aromatic carbocycles. The summed E-state index contributed by atoms with van der Waals surface area (Å²) >= 11 is 1.43. The summed E-state index contributed by atoms with van der Waals surface area (Å²) in [6, 6.07) is 0. The maximum atomic E-state index is 13.8. The standard InChI is InChI=1S/C14H23BFN3O3SSi/c1-14(2,3)24(4,5)22-8-11-21-7-10(23-11)19-6-9(16)12(18-15)17-13(19)20/h6,10-11H,7-8H2,1-5H3,(H,17,18,20)/t10-,11-/m1/s1. The molecule has 1 aliphatic heterocycles. The molecule has 2 atom stereocenters. The van der Waals surface area contributed by atoms with Gasteiger partial charge in [0.25, 0.3) is 0 Å². The van der Waals surface area contributed by atoms with Crippen LogP contribution in [0.15, 0.2) is 11.0 Å². The van der Waals surface area contributed by atoms with Crippen LogP contribution in [0.4, 0.5) is 10.2 Å². The third kappa shape index (κ3) is 4.22. The number of rotatable bonds is 5. The molecule has 1 N–H and O–H groups in total. The van der Waals surface area contributed by atoms with Gasteiger partial charge < -0.3 is 14.4 Å². The zero-order chi connectivity index (χ0) is 18.1. The molecule has 2 rings (SSSR count). The van der Waals surface area contributed by atoms with Crippen LogP contribution in [0.25, 0.3) is 0 Å². The molecule has 1 fully saturated rings. The maximum Gasteiger partial charge on any atom is 0.350 e. The molecule has 1 aromatic rings. The lowest BCUT2D eigenvalue weighted by Crippen LogP contribution is -2.42. The molecule has 1 saturated heterocycles. The molecule has 0 unspecified atom stereocenters. The van der Waals surface area contributed by atoms with Gasteiger partial charge in [0.05, 0.1) is 13.2 Å². The van der Waals surface area contributed by atoms with E-state index in [0.29, 0.717) is 13.2 Å². The van der Waals surface area contributed by atoms with Crippen molar-refractivity contribution in [3.8, 4) is 0 Å². The summed E-state index contributed by atoms with van der Waals surface area (Å²) in [4.78, 5) is 15.6. The third-order valence-electron chi connectivity index (χ3n) is 4.47. The topological polar surface area (TPSA) is 65.4 Å². The number of hydrogen-bond donors (Lipinski definition) is 1. The molecule has 0 aliphatic carbocycles. The minimum atomic E-state index is -1.86. The van der Waals surface area contributed by atoms with E-state index in [-0.39, 0.29) is 21.7 Å². The lowest BCUT2D eigenvalue weighted by molar-refractivity contribution is 0.0834. The highest BCUT2D eigenvalue weighted by molar-refractivity contribution is 8.00. The molecule has 132 valence electrons. The minimum absolute atomic E-state index is 0.116. The number of thioether (sulfide) groups is 1. The zero-order valence-electron chi connectivity index (χ0n) is 14.6. The average Bonchev–Trinajstić information content (AvgIpc) is 2.94. The smallest absolute Gasteiger partial charge is 0.350 e. The Morgan fingerprint density at radius 1 is 1.58 bits per heavy atom. The van der Waals surface area contributed by atoms with Gasteiger partial charge >= 0.3 is 5.69 Å². The normalized spacial score (nSPS) is 21.9. The summed E-state index contributed by atoms with van der Waals surface area (Å²) < 4.78 is 26.8. The van der Waals surface area contributed by atoms with Crippen molar-refractivity contribution < 1.29 is 13.6 Å². The Labute approximate surface area is 148 Å². The molecular weight excluding hydrogens is 348 g/mol. The number of anilines is 1. The number of nitrogens with one attached hydrogen (secondary N) is 1. The second-order valence-electron chi connectivity index (χ2n) is 7.20. The molecule has 2 heterocycles. The van der Waals surface area contributed by atoms with Gasteiger partial charge in [-0.3, -0.25) is 4.57 Å². The molecular formula is C14H23BFN3O3SSi. The van der Waals surface area contributed by atoms with Crippen LogP contribution in [-0.2, 0) is 9.16 Å². The van der Waals surface area contributed by atoms with E-state index in [9.17, 15) is 9.18 Å². The van der Waals surface area contributed by atoms with Crippen LogP contribution in [0.1, 0.15) is 26.1 Å². The van der Waals surface area contributed by atoms with Crippen LogP contribution >= 0.6 is 11.8 Å². The quantitative estimate of drug-likeness (QED) is 0.803. The van der Waals surface area contributed by atoms with Gasteiger partial charge in [-0.05, 0) is 18.1 Å². The van der Waals surface area contributed by atoms with Gasteiger partial charge in [-0.15, -0.1) is 11.8 Å². The third-order valence-corrected chi connectivity index (χ3v) is 10.2. The Morgan fingerprint density at radius 3 is 2.83 bits per heavy atom. The van der Waals surface area contributed by atoms with Crippen molar-refractivity contribution in [3.63, 3.8) is 0 Å². The van der Waals surface area contributed by atoms with Gasteiger partial charge in [0.1, 0.15) is 10.8 Å². The van der Waals surface area contributed by atoms with Crippen molar-refractivity contribution in [3.05, 3.63) is 22.5 Å². The number of halogens is 1. The van der Waals surface area contributed by atoms with E-state index >= 15 is 0 Å². The minimum Gasteiger partial charge on any atom is -0.420 e. The van der Waals surface area contributed by atoms with E-state index in [4.69, 9.17) is 17.1 Å². The Balaban J connectivity index is 2.01. The second kappa shape index (κ2) is 7.19. The molecule has 2 radical (unpaired) electrons. The van der Waals surface area contributed by atoms with Gasteiger partial charge in [-0.2, -0.15) is 4.98 Å². The Bertz CT molecular complexity index is 653. The lowest BCUT2D eigenvalue weighted by Gasteiger charge is -2.36. The summed E-state index contributed by atoms with van der Waals surface area (Å²) in [5, 5.41) is 1.84. The molecule has 0 spiro atoms. The van der Waals surface area contributed by atoms with Gasteiger partial charge in [-0.1, -0.05) is 20.8 Å². The Hall–Kier alpha value is -0.838. The number of aromatic nitrogens is 2. The number of ether oxygens (including phenoxy) is 1. The van der Waals surface area contributed by atoms with E-state index in [1.807, 2.05) is 0 Å². The fourth-order valence-electron chi connectivity index (χ4n) is 1.92. The number of nitrogens with zero attached hydrogens (tertiary/aromatic N) is 2. The van der Waals surface area contributed by atoms with Crippen LogP contribution in [0.3, 0.4) is 0 Å². The van der Waals surface area contributed by atoms with Crippen LogP contribution in [0, 0.1) is 5.82 Å². The van der Waals surface area contributed by atoms with Crippen molar-refractivity contribution in [1.29, 1.82) is 0 Å². The first-order valence-corrected chi connectivity index (χ1v) is 11.6. The van der Waals surface area contributed by atoms with Crippen LogP contribution < -0.4 is 10.9 Å². The van der Waals surface area contributed by atoms with Crippen molar-refractivity contribution in [2.24, 2.45) is 0 Å². The van der Waals surface area contributed by atoms with Crippen molar-refractivity contribution in [2.45, 2.75) is 49.7 Å². The monoisotopic (exact) mass is 371 g/mol. The maximum absolute atomic E-state index is 13.8. The largest absolute Gasteiger partial charge is 0.420 e. The van der Waals surface area contributed by atoms with E-state index in [2.05, 4.69) is 44.1 Å². The highest BCUT2D eigenvalue weighted by Gasteiger charge is 2.39. The first-order valence-electron chi connectivity index (χ1n) is 7.71. The molecule has 0 amide bonds. The van der Waals surface area contributed by atoms with Gasteiger partial charge in [-0.25, -0.2) is 9.18 Å². The van der Waals surface area contributed by atoms with Crippen molar-refractivity contribution >= 4 is 33.9 Å². The van der Waals surface area contributed by atoms with E-state index in [1.165, 1.54) is 16.3 Å². The van der Waals surface area contributed by atoms with E-state index < -0.39 is 19.8 Å². The van der Waals surface area contributed by atoms with Gasteiger partial charge in [0, 0.05) is 6.20 Å². The molecule has 24 heavy (non-hydrogen) atoms. The van der Waals surface area contributed by atoms with Crippen LogP contribution in [0.2, 0.25) is 18.1 Å². The highest BCUT2D eigenvalue weighted by Crippen LogP contribution is 2.39. The Kier molecular flexibility index (Phi) is 5.83. The lowest BCUT2D eigenvalue weighted by atomic mass is 10.2. The van der Waals surface area contributed by atoms with Crippen molar-refractivity contribution in [1.82, 2.24) is 9.55 Å². The van der Waals surface area contributed by atoms with Crippen LogP contribution in [0.5, 0.6) is 0 Å². The first kappa shape index (κ1) is 19.5. The van der Waals surface area contributed by atoms with E-state index in [1.54, 1.807) is 0 Å². The molecule has 1 aliphatic rings. The molecule has 0 saturated carbocycles. The molecule has 6 nitrogen and oxygen atoms in total. The summed E-state index contributed by atoms with van der Waals surface area (Å²) in [5.41, 5.74) is -0.761. The van der Waals surface area contributed by atoms with Gasteiger partial charge in [0.2, 0.25) is 7.98 Å². The second-order valence-corrected chi connectivity index (χ2v) is 13.3. The van der Waals surface area contributed by atoms with Crippen LogP contribution in [-0.4, -0.2) is 44.5 Å². The summed E-state index contributed by atoms with van der Waals surface area (Å²) in [5.74, 6) is -0.948. The van der Waals surface area contributed by atoms with Crippen molar-refractivity contribution in [2.75, 3.05) is 18.4 Å².